The van der Waals surface area contributed by atoms with Crippen LogP contribution in [0.3, 0.4) is 0 Å². The first-order chi connectivity index (χ1) is 14.5. The molecule has 1 heterocycles. The number of benzene rings is 2. The summed E-state index contributed by atoms with van der Waals surface area (Å²) in [5, 5.41) is 2.74. The molecule has 0 aliphatic carbocycles. The number of carbonyl (C=O) groups excluding carboxylic acids is 1. The maximum absolute atomic E-state index is 13.0. The van der Waals surface area contributed by atoms with Gasteiger partial charge < -0.3 is 10.1 Å². The van der Waals surface area contributed by atoms with Crippen LogP contribution in [0.2, 0.25) is 0 Å². The number of anilines is 1. The first kappa shape index (κ1) is 22.3. The molecule has 1 N–H and O–H groups in total. The summed E-state index contributed by atoms with van der Waals surface area (Å²) in [6.07, 6.45) is -9.08. The smallest absolute Gasteiger partial charge is 0.416 e. The molecule has 0 bridgehead atoms. The van der Waals surface area contributed by atoms with E-state index < -0.39 is 29.4 Å². The van der Waals surface area contributed by atoms with E-state index in [9.17, 15) is 31.1 Å². The number of halogens is 6. The number of aromatic nitrogens is 2. The number of nitrogens with one attached hydrogen (secondary N) is 1. The monoisotopic (exact) mass is 443 g/mol. The van der Waals surface area contributed by atoms with E-state index in [4.69, 9.17) is 4.74 Å². The van der Waals surface area contributed by atoms with Crippen LogP contribution in [0.15, 0.2) is 42.5 Å². The van der Waals surface area contributed by atoms with Gasteiger partial charge in [-0.1, -0.05) is 12.1 Å². The van der Waals surface area contributed by atoms with Crippen LogP contribution < -0.4 is 5.32 Å². The highest BCUT2D eigenvalue weighted by Crippen LogP contribution is 2.32. The number of carbonyl (C=O) groups is 1. The fourth-order valence-electron chi connectivity index (χ4n) is 2.69. The van der Waals surface area contributed by atoms with Crippen molar-refractivity contribution in [1.29, 1.82) is 0 Å². The molecule has 11 heteroatoms. The molecule has 0 radical (unpaired) electrons. The molecule has 0 atom stereocenters. The third-order valence-electron chi connectivity index (χ3n) is 4.20. The third kappa shape index (κ3) is 5.22. The summed E-state index contributed by atoms with van der Waals surface area (Å²) in [6, 6.07) is 6.96. The molecule has 2 aromatic carbocycles. The number of alkyl halides is 6. The van der Waals surface area contributed by atoms with Gasteiger partial charge in [0.15, 0.2) is 11.5 Å². The van der Waals surface area contributed by atoms with Gasteiger partial charge in [0.2, 0.25) is 0 Å². The van der Waals surface area contributed by atoms with Crippen molar-refractivity contribution in [2.24, 2.45) is 0 Å². The Bertz CT molecular complexity index is 1090. The van der Waals surface area contributed by atoms with Crippen molar-refractivity contribution in [1.82, 2.24) is 9.97 Å². The maximum Gasteiger partial charge on any atom is 0.416 e. The summed E-state index contributed by atoms with van der Waals surface area (Å²) in [5.74, 6) is -0.989. The third-order valence-corrected chi connectivity index (χ3v) is 4.20. The first-order valence-electron chi connectivity index (χ1n) is 8.95. The Balaban J connectivity index is 1.95. The summed E-state index contributed by atoms with van der Waals surface area (Å²) < 4.78 is 81.9. The van der Waals surface area contributed by atoms with Crippen LogP contribution in [0, 0.1) is 0 Å². The minimum atomic E-state index is -4.59. The highest BCUT2D eigenvalue weighted by Gasteiger charge is 2.31. The van der Waals surface area contributed by atoms with Crippen LogP contribution in [-0.4, -0.2) is 22.5 Å². The Hall–Kier alpha value is -3.37. The minimum Gasteiger partial charge on any atom is -0.461 e. The average Bonchev–Trinajstić information content (AvgIpc) is 2.70. The van der Waals surface area contributed by atoms with Crippen molar-refractivity contribution in [3.8, 4) is 0 Å². The summed E-state index contributed by atoms with van der Waals surface area (Å²) >= 11 is 0. The summed E-state index contributed by atoms with van der Waals surface area (Å²) in [6.45, 7) is 1.55. The van der Waals surface area contributed by atoms with Gasteiger partial charge in [-0.3, -0.25) is 0 Å². The largest absolute Gasteiger partial charge is 0.461 e. The van der Waals surface area contributed by atoms with Crippen molar-refractivity contribution in [2.75, 3.05) is 11.9 Å². The molecule has 0 aliphatic rings. The number of rotatable bonds is 5. The first-order valence-corrected chi connectivity index (χ1v) is 8.95. The van der Waals surface area contributed by atoms with E-state index in [-0.39, 0.29) is 35.7 Å². The predicted molar refractivity (Wildman–Crippen MR) is 99.3 cm³/mol. The Kier molecular flexibility index (Phi) is 6.05. The lowest BCUT2D eigenvalue weighted by atomic mass is 10.1. The highest BCUT2D eigenvalue weighted by molar-refractivity contribution is 5.95. The van der Waals surface area contributed by atoms with Gasteiger partial charge in [0, 0.05) is 6.54 Å². The summed E-state index contributed by atoms with van der Waals surface area (Å²) in [4.78, 5) is 20.4. The van der Waals surface area contributed by atoms with Crippen LogP contribution in [0.4, 0.5) is 32.2 Å². The summed E-state index contributed by atoms with van der Waals surface area (Å²) in [5.41, 5.74) is -1.65. The average molecular weight is 443 g/mol. The number of hydrogen-bond acceptors (Lipinski definition) is 5. The zero-order chi connectivity index (χ0) is 22.8. The molecule has 164 valence electrons. The molecule has 0 unspecified atom stereocenters. The lowest BCUT2D eigenvalue weighted by Gasteiger charge is -2.13. The van der Waals surface area contributed by atoms with Crippen molar-refractivity contribution >= 4 is 22.8 Å². The van der Waals surface area contributed by atoms with Crippen molar-refractivity contribution in [3.05, 3.63) is 64.8 Å². The van der Waals surface area contributed by atoms with Gasteiger partial charge >= 0.3 is 18.3 Å². The van der Waals surface area contributed by atoms with Crippen LogP contribution in [0.5, 0.6) is 0 Å². The fourth-order valence-corrected chi connectivity index (χ4v) is 2.69. The normalized spacial score (nSPS) is 12.1. The number of ether oxygens (including phenoxy) is 1. The van der Waals surface area contributed by atoms with Crippen LogP contribution in [0.1, 0.15) is 34.1 Å². The molecule has 0 spiro atoms. The predicted octanol–water partition coefficient (Wildman–Crippen LogP) is 5.46. The molecular weight excluding hydrogens is 428 g/mol. The topological polar surface area (TPSA) is 64.1 Å². The van der Waals surface area contributed by atoms with Crippen LogP contribution >= 0.6 is 0 Å². The molecule has 5 nitrogen and oxygen atoms in total. The highest BCUT2D eigenvalue weighted by atomic mass is 19.4. The van der Waals surface area contributed by atoms with Crippen molar-refractivity contribution in [2.45, 2.75) is 25.8 Å². The van der Waals surface area contributed by atoms with Crippen molar-refractivity contribution in [3.63, 3.8) is 0 Å². The fraction of sp³-hybridized carbons (Fsp3) is 0.250. The van der Waals surface area contributed by atoms with Crippen molar-refractivity contribution < 1.29 is 35.9 Å². The van der Waals surface area contributed by atoms with Crippen LogP contribution in [-0.2, 0) is 23.6 Å². The van der Waals surface area contributed by atoms with E-state index >= 15 is 0 Å². The van der Waals surface area contributed by atoms with E-state index in [0.29, 0.717) is 5.56 Å². The zero-order valence-corrected chi connectivity index (χ0v) is 15.9. The minimum absolute atomic E-state index is 0.0317. The molecule has 0 saturated carbocycles. The number of esters is 1. The second-order valence-electron chi connectivity index (χ2n) is 6.39. The zero-order valence-electron chi connectivity index (χ0n) is 15.9. The molecule has 3 aromatic rings. The molecule has 0 saturated heterocycles. The molecule has 0 amide bonds. The number of nitrogens with zero attached hydrogens (tertiary/aromatic N) is 2. The maximum atomic E-state index is 13.0. The van der Waals surface area contributed by atoms with Gasteiger partial charge in [0.1, 0.15) is 0 Å². The van der Waals surface area contributed by atoms with E-state index in [1.54, 1.807) is 6.92 Å². The van der Waals surface area contributed by atoms with Gasteiger partial charge in [-0.25, -0.2) is 14.8 Å². The SMILES string of the molecule is CCOC(=O)c1nc2ccc(C(F)(F)F)cc2nc1NCc1ccc(C(F)(F)F)cc1. The van der Waals surface area contributed by atoms with Gasteiger partial charge in [0.05, 0.1) is 28.8 Å². The molecule has 3 rings (SSSR count). The lowest BCUT2D eigenvalue weighted by molar-refractivity contribution is -0.138. The van der Waals surface area contributed by atoms with Crippen LogP contribution in [0.25, 0.3) is 11.0 Å². The van der Waals surface area contributed by atoms with E-state index in [1.807, 2.05) is 0 Å². The second kappa shape index (κ2) is 8.40. The van der Waals surface area contributed by atoms with Gasteiger partial charge in [-0.15, -0.1) is 0 Å². The standard InChI is InChI=1S/C20H15F6N3O2/c1-2-31-18(30)16-17(27-10-11-3-5-12(6-4-11)19(21,22)23)29-15-9-13(20(24,25)26)7-8-14(15)28-16/h3-9H,2,10H2,1H3,(H,27,29). The molecule has 31 heavy (non-hydrogen) atoms. The Morgan fingerprint density at radius 2 is 1.52 bits per heavy atom. The molecule has 0 aliphatic heterocycles. The molecule has 1 aromatic heterocycles. The number of fused-ring (bicyclic) bond motifs is 1. The molecule has 0 fully saturated rings. The Morgan fingerprint density at radius 3 is 2.10 bits per heavy atom. The quantitative estimate of drug-likeness (QED) is 0.419. The van der Waals surface area contributed by atoms with E-state index in [1.165, 1.54) is 12.1 Å². The Labute approximate surface area is 172 Å². The van der Waals surface area contributed by atoms with E-state index in [2.05, 4.69) is 15.3 Å². The van der Waals surface area contributed by atoms with E-state index in [0.717, 1.165) is 30.3 Å². The second-order valence-corrected chi connectivity index (χ2v) is 6.39. The van der Waals surface area contributed by atoms with Gasteiger partial charge in [-0.05, 0) is 42.8 Å². The lowest BCUT2D eigenvalue weighted by Crippen LogP contribution is -2.14. The molecular formula is C20H15F6N3O2. The van der Waals surface area contributed by atoms with Gasteiger partial charge in [0.25, 0.3) is 0 Å². The van der Waals surface area contributed by atoms with Gasteiger partial charge in [-0.2, -0.15) is 26.3 Å². The summed E-state index contributed by atoms with van der Waals surface area (Å²) in [7, 11) is 0. The Morgan fingerprint density at radius 1 is 0.903 bits per heavy atom. The number of hydrogen-bond donors (Lipinski definition) is 1.